The molecule has 22 heavy (non-hydrogen) atoms. The van der Waals surface area contributed by atoms with Gasteiger partial charge in [-0.15, -0.1) is 0 Å². The number of carbonyl (C=O) groups excluding carboxylic acids is 2. The summed E-state index contributed by atoms with van der Waals surface area (Å²) >= 11 is 3.23. The van der Waals surface area contributed by atoms with Gasteiger partial charge in [-0.2, -0.15) is 0 Å². The van der Waals surface area contributed by atoms with E-state index in [1.165, 1.54) is 13.2 Å². The van der Waals surface area contributed by atoms with Gasteiger partial charge in [0.05, 0.1) is 24.8 Å². The summed E-state index contributed by atoms with van der Waals surface area (Å²) in [5.74, 6) is -1.43. The van der Waals surface area contributed by atoms with Gasteiger partial charge in [0, 0.05) is 4.47 Å². The summed E-state index contributed by atoms with van der Waals surface area (Å²) in [4.78, 5) is 23.7. The van der Waals surface area contributed by atoms with Crippen LogP contribution in [0.1, 0.15) is 15.9 Å². The van der Waals surface area contributed by atoms with Gasteiger partial charge in [-0.25, -0.2) is 9.18 Å². The molecule has 2 aromatic rings. The Morgan fingerprint density at radius 1 is 1.23 bits per heavy atom. The fourth-order valence-electron chi connectivity index (χ4n) is 1.93. The first kappa shape index (κ1) is 16.2. The second-order valence-corrected chi connectivity index (χ2v) is 5.41. The fourth-order valence-corrected chi connectivity index (χ4v) is 2.33. The van der Waals surface area contributed by atoms with E-state index in [0.29, 0.717) is 10.2 Å². The molecule has 0 saturated carbocycles. The van der Waals surface area contributed by atoms with E-state index in [-0.39, 0.29) is 17.5 Å². The Kier molecular flexibility index (Phi) is 5.27. The molecule has 0 aliphatic rings. The minimum absolute atomic E-state index is 0.138. The summed E-state index contributed by atoms with van der Waals surface area (Å²) in [5.41, 5.74) is 0.838. The lowest BCUT2D eigenvalue weighted by atomic mass is 10.1. The highest BCUT2D eigenvalue weighted by atomic mass is 79.9. The predicted octanol–water partition coefficient (Wildman–Crippen LogP) is 3.56. The molecule has 0 spiro atoms. The van der Waals surface area contributed by atoms with Gasteiger partial charge in [0.1, 0.15) is 5.82 Å². The number of anilines is 1. The highest BCUT2D eigenvalue weighted by Gasteiger charge is 2.14. The van der Waals surface area contributed by atoms with Crippen molar-refractivity contribution in [3.63, 3.8) is 0 Å². The zero-order valence-electron chi connectivity index (χ0n) is 11.7. The van der Waals surface area contributed by atoms with Gasteiger partial charge in [-0.3, -0.25) is 4.79 Å². The van der Waals surface area contributed by atoms with E-state index < -0.39 is 17.7 Å². The van der Waals surface area contributed by atoms with Crippen molar-refractivity contribution in [1.29, 1.82) is 0 Å². The van der Waals surface area contributed by atoms with Crippen molar-refractivity contribution in [3.05, 3.63) is 63.9 Å². The standard InChI is InChI=1S/C16H13BrFNO3/c1-22-16(21)12-4-2-3-5-14(12)19-15(20)9-10-8-11(17)6-7-13(10)18/h2-8H,9H2,1H3,(H,19,20). The minimum Gasteiger partial charge on any atom is -0.465 e. The molecule has 1 N–H and O–H groups in total. The average molecular weight is 366 g/mol. The molecule has 0 aromatic heterocycles. The topological polar surface area (TPSA) is 55.4 Å². The number of hydrogen-bond acceptors (Lipinski definition) is 3. The molecule has 0 heterocycles. The molecule has 4 nitrogen and oxygen atoms in total. The number of hydrogen-bond donors (Lipinski definition) is 1. The normalized spacial score (nSPS) is 10.1. The lowest BCUT2D eigenvalue weighted by molar-refractivity contribution is -0.115. The molecule has 0 aliphatic heterocycles. The molecular weight excluding hydrogens is 353 g/mol. The molecule has 0 saturated heterocycles. The number of nitrogens with one attached hydrogen (secondary N) is 1. The molecule has 6 heteroatoms. The van der Waals surface area contributed by atoms with Gasteiger partial charge < -0.3 is 10.1 Å². The molecule has 2 aromatic carbocycles. The fraction of sp³-hybridized carbons (Fsp3) is 0.125. The molecule has 114 valence electrons. The third-order valence-electron chi connectivity index (χ3n) is 2.97. The van der Waals surface area contributed by atoms with Crippen LogP contribution in [0, 0.1) is 5.82 Å². The monoisotopic (exact) mass is 365 g/mol. The quantitative estimate of drug-likeness (QED) is 0.842. The Morgan fingerprint density at radius 2 is 1.95 bits per heavy atom. The van der Waals surface area contributed by atoms with E-state index in [9.17, 15) is 14.0 Å². The number of esters is 1. The van der Waals surface area contributed by atoms with Crippen LogP contribution in [0.5, 0.6) is 0 Å². The summed E-state index contributed by atoms with van der Waals surface area (Å²) < 4.78 is 19.0. The van der Waals surface area contributed by atoms with E-state index in [4.69, 9.17) is 0 Å². The number of halogens is 2. The van der Waals surface area contributed by atoms with Crippen LogP contribution in [-0.4, -0.2) is 19.0 Å². The van der Waals surface area contributed by atoms with Crippen LogP contribution in [-0.2, 0) is 16.0 Å². The average Bonchev–Trinajstić information content (AvgIpc) is 2.50. The lowest BCUT2D eigenvalue weighted by Crippen LogP contribution is -2.17. The summed E-state index contributed by atoms with van der Waals surface area (Å²) in [5, 5.41) is 2.60. The van der Waals surface area contributed by atoms with Gasteiger partial charge >= 0.3 is 5.97 Å². The van der Waals surface area contributed by atoms with E-state index in [1.807, 2.05) is 0 Å². The SMILES string of the molecule is COC(=O)c1ccccc1NC(=O)Cc1cc(Br)ccc1F. The van der Waals surface area contributed by atoms with Crippen LogP contribution in [0.3, 0.4) is 0 Å². The Bertz CT molecular complexity index is 718. The van der Waals surface area contributed by atoms with Crippen molar-refractivity contribution in [3.8, 4) is 0 Å². The molecule has 0 fully saturated rings. The number of benzene rings is 2. The second-order valence-electron chi connectivity index (χ2n) is 4.50. The Hall–Kier alpha value is -2.21. The summed E-state index contributed by atoms with van der Waals surface area (Å²) in [6, 6.07) is 10.9. The van der Waals surface area contributed by atoms with Gasteiger partial charge in [0.2, 0.25) is 5.91 Å². The van der Waals surface area contributed by atoms with Crippen molar-refractivity contribution in [1.82, 2.24) is 0 Å². The van der Waals surface area contributed by atoms with Gasteiger partial charge in [-0.1, -0.05) is 28.1 Å². The maximum atomic E-state index is 13.7. The first-order chi connectivity index (χ1) is 10.5. The van der Waals surface area contributed by atoms with Crippen molar-refractivity contribution in [2.24, 2.45) is 0 Å². The smallest absolute Gasteiger partial charge is 0.339 e. The van der Waals surface area contributed by atoms with E-state index >= 15 is 0 Å². The molecular formula is C16H13BrFNO3. The molecule has 0 bridgehead atoms. The van der Waals surface area contributed by atoms with Gasteiger partial charge in [0.15, 0.2) is 0 Å². The number of para-hydroxylation sites is 1. The van der Waals surface area contributed by atoms with Crippen LogP contribution in [0.25, 0.3) is 0 Å². The number of ether oxygens (including phenoxy) is 1. The third kappa shape index (κ3) is 3.92. The molecule has 0 atom stereocenters. The van der Waals surface area contributed by atoms with Crippen molar-refractivity contribution in [2.75, 3.05) is 12.4 Å². The van der Waals surface area contributed by atoms with Crippen molar-refractivity contribution >= 4 is 33.5 Å². The summed E-state index contributed by atoms with van der Waals surface area (Å²) in [7, 11) is 1.26. The molecule has 0 radical (unpaired) electrons. The van der Waals surface area contributed by atoms with Crippen LogP contribution in [0.2, 0.25) is 0 Å². The molecule has 0 unspecified atom stereocenters. The lowest BCUT2D eigenvalue weighted by Gasteiger charge is -2.10. The number of carbonyl (C=O) groups is 2. The molecule has 1 amide bonds. The van der Waals surface area contributed by atoms with E-state index in [1.54, 1.807) is 36.4 Å². The summed E-state index contributed by atoms with van der Waals surface area (Å²) in [6.45, 7) is 0. The first-order valence-corrected chi connectivity index (χ1v) is 7.21. The van der Waals surface area contributed by atoms with Crippen LogP contribution in [0.4, 0.5) is 10.1 Å². The number of amides is 1. The maximum absolute atomic E-state index is 13.7. The number of methoxy groups -OCH3 is 1. The third-order valence-corrected chi connectivity index (χ3v) is 3.46. The minimum atomic E-state index is -0.551. The second kappa shape index (κ2) is 7.17. The van der Waals surface area contributed by atoms with E-state index in [0.717, 1.165) is 0 Å². The summed E-state index contributed by atoms with van der Waals surface area (Å²) in [6.07, 6.45) is -0.138. The van der Waals surface area contributed by atoms with E-state index in [2.05, 4.69) is 26.0 Å². The Morgan fingerprint density at radius 3 is 2.68 bits per heavy atom. The maximum Gasteiger partial charge on any atom is 0.339 e. The Balaban J connectivity index is 2.16. The highest BCUT2D eigenvalue weighted by Crippen LogP contribution is 2.19. The highest BCUT2D eigenvalue weighted by molar-refractivity contribution is 9.10. The van der Waals surface area contributed by atoms with Crippen LogP contribution in [0.15, 0.2) is 46.9 Å². The largest absolute Gasteiger partial charge is 0.465 e. The van der Waals surface area contributed by atoms with Crippen molar-refractivity contribution in [2.45, 2.75) is 6.42 Å². The molecule has 0 aliphatic carbocycles. The zero-order chi connectivity index (χ0) is 16.1. The van der Waals surface area contributed by atoms with Crippen LogP contribution >= 0.6 is 15.9 Å². The van der Waals surface area contributed by atoms with Gasteiger partial charge in [0.25, 0.3) is 0 Å². The van der Waals surface area contributed by atoms with Crippen molar-refractivity contribution < 1.29 is 18.7 Å². The predicted molar refractivity (Wildman–Crippen MR) is 84.2 cm³/mol. The van der Waals surface area contributed by atoms with Crippen LogP contribution < -0.4 is 5.32 Å². The van der Waals surface area contributed by atoms with Gasteiger partial charge in [-0.05, 0) is 35.9 Å². The number of rotatable bonds is 4. The Labute approximate surface area is 135 Å². The first-order valence-electron chi connectivity index (χ1n) is 6.42. The molecule has 2 rings (SSSR count). The zero-order valence-corrected chi connectivity index (χ0v) is 13.3.